The van der Waals surface area contributed by atoms with Gasteiger partial charge in [-0.15, -0.1) is 0 Å². The molecule has 5 nitrogen and oxygen atoms in total. The number of hydrogen-bond acceptors (Lipinski definition) is 4. The van der Waals surface area contributed by atoms with Gasteiger partial charge in [0.1, 0.15) is 11.0 Å². The molecule has 0 aliphatic heterocycles. The van der Waals surface area contributed by atoms with E-state index >= 15 is 0 Å². The van der Waals surface area contributed by atoms with Gasteiger partial charge < -0.3 is 10.1 Å². The molecule has 0 saturated carbocycles. The molecule has 0 aromatic heterocycles. The number of nitrogens with one attached hydrogen (secondary N) is 1. The van der Waals surface area contributed by atoms with Crippen LogP contribution in [0.3, 0.4) is 0 Å². The molecule has 0 heterocycles. The topological polar surface area (TPSA) is 72.5 Å². The van der Waals surface area contributed by atoms with Gasteiger partial charge in [-0.05, 0) is 48.9 Å². The number of benzene rings is 2. The van der Waals surface area contributed by atoms with Crippen LogP contribution in [-0.4, -0.2) is 26.7 Å². The van der Waals surface area contributed by atoms with E-state index in [1.54, 1.807) is 30.3 Å². The van der Waals surface area contributed by atoms with Crippen LogP contribution in [0.1, 0.15) is 12.5 Å². The van der Waals surface area contributed by atoms with Gasteiger partial charge in [0.25, 0.3) is 0 Å². The molecule has 8 heteroatoms. The van der Waals surface area contributed by atoms with Crippen LogP contribution in [0.25, 0.3) is 0 Å². The second-order valence-electron chi connectivity index (χ2n) is 5.42. The fraction of sp³-hybridized carbons (Fsp3) is 0.235. The Bertz CT molecular complexity index is 867. The van der Waals surface area contributed by atoms with E-state index in [1.165, 1.54) is 26.2 Å². The molecule has 0 fully saturated rings. The van der Waals surface area contributed by atoms with Crippen LogP contribution in [0, 0.1) is 0 Å². The largest absolute Gasteiger partial charge is 0.497 e. The maximum absolute atomic E-state index is 12.5. The van der Waals surface area contributed by atoms with Gasteiger partial charge in [0.2, 0.25) is 5.91 Å². The van der Waals surface area contributed by atoms with E-state index in [2.05, 4.69) is 5.32 Å². The fourth-order valence-electron chi connectivity index (χ4n) is 2.07. The minimum absolute atomic E-state index is 0.268. The van der Waals surface area contributed by atoms with Gasteiger partial charge in [-0.2, -0.15) is 0 Å². The van der Waals surface area contributed by atoms with E-state index in [0.717, 1.165) is 0 Å². The maximum atomic E-state index is 12.5. The van der Waals surface area contributed by atoms with E-state index in [4.69, 9.17) is 27.9 Å². The smallest absolute Gasteiger partial charge is 0.242 e. The number of anilines is 1. The number of rotatable bonds is 6. The third kappa shape index (κ3) is 5.11. The number of methoxy groups -OCH3 is 1. The molecule has 0 saturated heterocycles. The summed E-state index contributed by atoms with van der Waals surface area (Å²) in [5.74, 6) is -0.273. The van der Waals surface area contributed by atoms with Crippen molar-refractivity contribution in [3.05, 3.63) is 58.1 Å². The summed E-state index contributed by atoms with van der Waals surface area (Å²) in [5.41, 5.74) is 0.959. The monoisotopic (exact) mass is 401 g/mol. The van der Waals surface area contributed by atoms with Crippen LogP contribution in [0.5, 0.6) is 5.75 Å². The fourth-order valence-corrected chi connectivity index (χ4v) is 3.67. The molecule has 134 valence electrons. The average molecular weight is 402 g/mol. The zero-order valence-electron chi connectivity index (χ0n) is 13.6. The zero-order chi connectivity index (χ0) is 18.6. The van der Waals surface area contributed by atoms with Crippen LogP contribution in [-0.2, 0) is 20.4 Å². The molecule has 1 atom stereocenters. The van der Waals surface area contributed by atoms with Crippen molar-refractivity contribution in [1.29, 1.82) is 0 Å². The van der Waals surface area contributed by atoms with E-state index < -0.39 is 21.0 Å². The summed E-state index contributed by atoms with van der Waals surface area (Å²) >= 11 is 11.7. The van der Waals surface area contributed by atoms with Crippen LogP contribution < -0.4 is 10.1 Å². The van der Waals surface area contributed by atoms with E-state index in [1.807, 2.05) is 0 Å². The molecule has 0 unspecified atom stereocenters. The summed E-state index contributed by atoms with van der Waals surface area (Å²) in [6, 6.07) is 11.2. The first kappa shape index (κ1) is 19.6. The minimum Gasteiger partial charge on any atom is -0.497 e. The predicted octanol–water partition coefficient (Wildman–Crippen LogP) is 3.94. The highest BCUT2D eigenvalue weighted by atomic mass is 35.5. The summed E-state index contributed by atoms with van der Waals surface area (Å²) in [7, 11) is -2.18. The molecule has 2 aromatic carbocycles. The van der Waals surface area contributed by atoms with Crippen molar-refractivity contribution in [2.75, 3.05) is 12.4 Å². The standard InChI is InChI=1S/C17H17Cl2NO4S/c1-11(17(21)20-13-4-6-14(24-2)7-5-13)25(22,23)10-12-3-8-15(18)16(19)9-12/h3-9,11H,10H2,1-2H3,(H,20,21)/t11-/m0/s1. The van der Waals surface area contributed by atoms with Crippen molar-refractivity contribution in [2.45, 2.75) is 17.9 Å². The summed E-state index contributed by atoms with van der Waals surface area (Å²) in [4.78, 5) is 12.3. The van der Waals surface area contributed by atoms with Crippen molar-refractivity contribution in [3.8, 4) is 5.75 Å². The Labute approximate surface area is 156 Å². The lowest BCUT2D eigenvalue weighted by Crippen LogP contribution is -2.33. The van der Waals surface area contributed by atoms with Crippen molar-refractivity contribution < 1.29 is 17.9 Å². The van der Waals surface area contributed by atoms with E-state index in [-0.39, 0.29) is 10.8 Å². The molecule has 25 heavy (non-hydrogen) atoms. The number of hydrogen-bond donors (Lipinski definition) is 1. The lowest BCUT2D eigenvalue weighted by Gasteiger charge is -2.14. The summed E-state index contributed by atoms with van der Waals surface area (Å²) in [5, 5.41) is 1.98. The third-order valence-corrected chi connectivity index (χ3v) is 6.38. The molecule has 0 aliphatic rings. The van der Waals surface area contributed by atoms with Crippen molar-refractivity contribution >= 4 is 44.6 Å². The van der Waals surface area contributed by atoms with Crippen LogP contribution in [0.2, 0.25) is 10.0 Å². The predicted molar refractivity (Wildman–Crippen MR) is 100 cm³/mol. The number of amides is 1. The summed E-state index contributed by atoms with van der Waals surface area (Å²) < 4.78 is 30.0. The quantitative estimate of drug-likeness (QED) is 0.795. The average Bonchev–Trinajstić information content (AvgIpc) is 2.58. The lowest BCUT2D eigenvalue weighted by atomic mass is 10.2. The van der Waals surface area contributed by atoms with Gasteiger partial charge in [-0.3, -0.25) is 4.79 Å². The Morgan fingerprint density at radius 1 is 1.12 bits per heavy atom. The van der Waals surface area contributed by atoms with Gasteiger partial charge in [-0.25, -0.2) is 8.42 Å². The van der Waals surface area contributed by atoms with Crippen LogP contribution >= 0.6 is 23.2 Å². The molecule has 2 rings (SSSR count). The summed E-state index contributed by atoms with van der Waals surface area (Å²) in [6.07, 6.45) is 0. The first-order valence-electron chi connectivity index (χ1n) is 7.33. The lowest BCUT2D eigenvalue weighted by molar-refractivity contribution is -0.115. The number of carbonyl (C=O) groups excluding carboxylic acids is 1. The van der Waals surface area contributed by atoms with Gasteiger partial charge >= 0.3 is 0 Å². The number of halogens is 2. The first-order chi connectivity index (χ1) is 11.7. The van der Waals surface area contributed by atoms with Crippen LogP contribution in [0.4, 0.5) is 5.69 Å². The van der Waals surface area contributed by atoms with Crippen molar-refractivity contribution in [2.24, 2.45) is 0 Å². The molecule has 0 aliphatic carbocycles. The Hall–Kier alpha value is -1.76. The van der Waals surface area contributed by atoms with Gasteiger partial charge in [0.05, 0.1) is 22.9 Å². The molecule has 0 radical (unpaired) electrons. The molecule has 2 aromatic rings. The molecular weight excluding hydrogens is 385 g/mol. The molecule has 0 bridgehead atoms. The Kier molecular flexibility index (Phi) is 6.32. The van der Waals surface area contributed by atoms with E-state index in [0.29, 0.717) is 22.0 Å². The van der Waals surface area contributed by atoms with Crippen molar-refractivity contribution in [3.63, 3.8) is 0 Å². The second kappa shape index (κ2) is 8.08. The zero-order valence-corrected chi connectivity index (χ0v) is 16.0. The minimum atomic E-state index is -3.71. The molecule has 0 spiro atoms. The first-order valence-corrected chi connectivity index (χ1v) is 9.80. The van der Waals surface area contributed by atoms with Gasteiger partial charge in [-0.1, -0.05) is 29.3 Å². The molecule has 1 amide bonds. The van der Waals surface area contributed by atoms with Gasteiger partial charge in [0.15, 0.2) is 9.84 Å². The van der Waals surface area contributed by atoms with E-state index in [9.17, 15) is 13.2 Å². The normalized spacial score (nSPS) is 12.5. The second-order valence-corrected chi connectivity index (χ2v) is 8.55. The summed E-state index contributed by atoms with van der Waals surface area (Å²) in [6.45, 7) is 1.35. The Balaban J connectivity index is 2.09. The Morgan fingerprint density at radius 2 is 1.76 bits per heavy atom. The number of sulfone groups is 1. The van der Waals surface area contributed by atoms with Crippen molar-refractivity contribution in [1.82, 2.24) is 0 Å². The Morgan fingerprint density at radius 3 is 2.32 bits per heavy atom. The third-order valence-electron chi connectivity index (χ3n) is 3.62. The highest BCUT2D eigenvalue weighted by Gasteiger charge is 2.28. The highest BCUT2D eigenvalue weighted by Crippen LogP contribution is 2.24. The van der Waals surface area contributed by atoms with Crippen LogP contribution in [0.15, 0.2) is 42.5 Å². The SMILES string of the molecule is COc1ccc(NC(=O)[C@H](C)S(=O)(=O)Cc2ccc(Cl)c(Cl)c2)cc1. The highest BCUT2D eigenvalue weighted by molar-refractivity contribution is 7.92. The number of ether oxygens (including phenoxy) is 1. The molecular formula is C17H17Cl2NO4S. The number of carbonyl (C=O) groups is 1. The van der Waals surface area contributed by atoms with Gasteiger partial charge in [0, 0.05) is 5.69 Å². The maximum Gasteiger partial charge on any atom is 0.242 e. The molecule has 1 N–H and O–H groups in total.